The normalized spacial score (nSPS) is 12.0. The molecule has 0 aliphatic rings. The SMILES string of the molecule is COc1ccccc1C(CN)Oc1cc(F)c(Cl)cc1Br. The van der Waals surface area contributed by atoms with E-state index < -0.39 is 11.9 Å². The molecular formula is C15H14BrClFNO2. The van der Waals surface area contributed by atoms with Crippen LogP contribution in [0, 0.1) is 5.82 Å². The van der Waals surface area contributed by atoms with Gasteiger partial charge in [0.15, 0.2) is 0 Å². The van der Waals surface area contributed by atoms with E-state index >= 15 is 0 Å². The summed E-state index contributed by atoms with van der Waals surface area (Å²) in [6.45, 7) is 0.219. The highest BCUT2D eigenvalue weighted by Crippen LogP contribution is 2.35. The summed E-state index contributed by atoms with van der Waals surface area (Å²) in [5.41, 5.74) is 6.57. The standard InChI is InChI=1S/C15H14BrClFNO2/c1-20-13-5-3-2-4-9(13)15(8-19)21-14-7-12(18)11(17)6-10(14)16/h2-7,15H,8,19H2,1H3. The molecule has 0 heterocycles. The van der Waals surface area contributed by atoms with Gasteiger partial charge in [0.2, 0.25) is 0 Å². The highest BCUT2D eigenvalue weighted by atomic mass is 79.9. The van der Waals surface area contributed by atoms with Crippen LogP contribution in [0.15, 0.2) is 40.9 Å². The zero-order chi connectivity index (χ0) is 15.4. The molecule has 0 aliphatic carbocycles. The van der Waals surface area contributed by atoms with Crippen molar-refractivity contribution in [2.24, 2.45) is 5.73 Å². The van der Waals surface area contributed by atoms with Crippen molar-refractivity contribution in [3.63, 3.8) is 0 Å². The molecule has 0 saturated carbocycles. The van der Waals surface area contributed by atoms with Gasteiger partial charge in [0.05, 0.1) is 16.6 Å². The van der Waals surface area contributed by atoms with Crippen LogP contribution in [0.4, 0.5) is 4.39 Å². The molecule has 6 heteroatoms. The zero-order valence-electron chi connectivity index (χ0n) is 11.3. The monoisotopic (exact) mass is 373 g/mol. The number of hydrogen-bond donors (Lipinski definition) is 1. The van der Waals surface area contributed by atoms with Crippen molar-refractivity contribution < 1.29 is 13.9 Å². The first kappa shape index (κ1) is 16.1. The summed E-state index contributed by atoms with van der Waals surface area (Å²) < 4.78 is 25.2. The molecule has 0 saturated heterocycles. The minimum atomic E-state index is -0.550. The number of para-hydroxylation sites is 1. The molecule has 2 rings (SSSR count). The molecule has 0 radical (unpaired) electrons. The lowest BCUT2D eigenvalue weighted by molar-refractivity contribution is 0.206. The first-order valence-corrected chi connectivity index (χ1v) is 7.38. The summed E-state index contributed by atoms with van der Waals surface area (Å²) in [7, 11) is 1.57. The van der Waals surface area contributed by atoms with Gasteiger partial charge in [0.1, 0.15) is 23.4 Å². The number of ether oxygens (including phenoxy) is 2. The van der Waals surface area contributed by atoms with Crippen LogP contribution in [-0.2, 0) is 0 Å². The molecular weight excluding hydrogens is 361 g/mol. The molecule has 1 atom stereocenters. The lowest BCUT2D eigenvalue weighted by Gasteiger charge is -2.21. The summed E-state index contributed by atoms with van der Waals surface area (Å²) >= 11 is 9.01. The Morgan fingerprint density at radius 3 is 2.67 bits per heavy atom. The lowest BCUT2D eigenvalue weighted by Crippen LogP contribution is -2.19. The van der Waals surface area contributed by atoms with Crippen LogP contribution in [0.1, 0.15) is 11.7 Å². The Balaban J connectivity index is 2.33. The Morgan fingerprint density at radius 1 is 1.29 bits per heavy atom. The summed E-state index contributed by atoms with van der Waals surface area (Å²) in [5, 5.41) is 0.0239. The maximum atomic E-state index is 13.6. The van der Waals surface area contributed by atoms with E-state index in [1.165, 1.54) is 12.1 Å². The average Bonchev–Trinajstić information content (AvgIpc) is 2.49. The van der Waals surface area contributed by atoms with Crippen LogP contribution >= 0.6 is 27.5 Å². The van der Waals surface area contributed by atoms with Crippen LogP contribution in [-0.4, -0.2) is 13.7 Å². The molecule has 1 unspecified atom stereocenters. The van der Waals surface area contributed by atoms with Crippen LogP contribution in [0.3, 0.4) is 0 Å². The van der Waals surface area contributed by atoms with Gasteiger partial charge < -0.3 is 15.2 Å². The van der Waals surface area contributed by atoms with Gasteiger partial charge in [-0.2, -0.15) is 0 Å². The van der Waals surface area contributed by atoms with Crippen molar-refractivity contribution >= 4 is 27.5 Å². The molecule has 0 aromatic heterocycles. The highest BCUT2D eigenvalue weighted by molar-refractivity contribution is 9.10. The van der Waals surface area contributed by atoms with E-state index in [1.54, 1.807) is 7.11 Å². The predicted molar refractivity (Wildman–Crippen MR) is 84.5 cm³/mol. The van der Waals surface area contributed by atoms with E-state index in [0.717, 1.165) is 5.56 Å². The van der Waals surface area contributed by atoms with Gasteiger partial charge in [0, 0.05) is 18.2 Å². The first-order valence-electron chi connectivity index (χ1n) is 6.21. The molecule has 0 amide bonds. The van der Waals surface area contributed by atoms with Crippen molar-refractivity contribution in [1.82, 2.24) is 0 Å². The van der Waals surface area contributed by atoms with Gasteiger partial charge >= 0.3 is 0 Å². The summed E-state index contributed by atoms with van der Waals surface area (Å²) in [6, 6.07) is 10.1. The molecule has 2 aromatic carbocycles. The maximum absolute atomic E-state index is 13.6. The first-order chi connectivity index (χ1) is 10.1. The summed E-state index contributed by atoms with van der Waals surface area (Å²) in [5.74, 6) is 0.447. The number of nitrogens with two attached hydrogens (primary N) is 1. The Morgan fingerprint density at radius 2 is 2.00 bits per heavy atom. The summed E-state index contributed by atoms with van der Waals surface area (Å²) in [6.07, 6.45) is -0.460. The van der Waals surface area contributed by atoms with Crippen molar-refractivity contribution in [1.29, 1.82) is 0 Å². The van der Waals surface area contributed by atoms with Crippen molar-refractivity contribution in [2.45, 2.75) is 6.10 Å². The molecule has 112 valence electrons. The number of methoxy groups -OCH3 is 1. The fourth-order valence-corrected chi connectivity index (χ4v) is 2.65. The minimum Gasteiger partial charge on any atom is -0.496 e. The second-order valence-electron chi connectivity index (χ2n) is 4.28. The molecule has 3 nitrogen and oxygen atoms in total. The lowest BCUT2D eigenvalue weighted by atomic mass is 10.1. The fourth-order valence-electron chi connectivity index (χ4n) is 1.92. The molecule has 0 spiro atoms. The van der Waals surface area contributed by atoms with Gasteiger partial charge in [-0.15, -0.1) is 0 Å². The zero-order valence-corrected chi connectivity index (χ0v) is 13.6. The van der Waals surface area contributed by atoms with E-state index in [2.05, 4.69) is 15.9 Å². The van der Waals surface area contributed by atoms with Crippen LogP contribution in [0.5, 0.6) is 11.5 Å². The van der Waals surface area contributed by atoms with Gasteiger partial charge in [0.25, 0.3) is 0 Å². The third kappa shape index (κ3) is 3.67. The van der Waals surface area contributed by atoms with Crippen LogP contribution in [0.2, 0.25) is 5.02 Å². The van der Waals surface area contributed by atoms with Gasteiger partial charge in [-0.05, 0) is 28.1 Å². The largest absolute Gasteiger partial charge is 0.496 e. The van der Waals surface area contributed by atoms with Gasteiger partial charge in [-0.1, -0.05) is 29.8 Å². The Kier molecular flexibility index (Phi) is 5.45. The number of halogens is 3. The minimum absolute atomic E-state index is 0.0239. The van der Waals surface area contributed by atoms with Crippen LogP contribution < -0.4 is 15.2 Å². The van der Waals surface area contributed by atoms with Gasteiger partial charge in [-0.25, -0.2) is 4.39 Å². The van der Waals surface area contributed by atoms with E-state index in [0.29, 0.717) is 16.0 Å². The van der Waals surface area contributed by atoms with Crippen molar-refractivity contribution in [3.8, 4) is 11.5 Å². The number of benzene rings is 2. The van der Waals surface area contributed by atoms with Gasteiger partial charge in [-0.3, -0.25) is 0 Å². The number of rotatable bonds is 5. The second kappa shape index (κ2) is 7.11. The molecule has 2 aromatic rings. The second-order valence-corrected chi connectivity index (χ2v) is 5.54. The van der Waals surface area contributed by atoms with E-state index in [4.69, 9.17) is 26.8 Å². The molecule has 0 aliphatic heterocycles. The average molecular weight is 375 g/mol. The molecule has 0 fully saturated rings. The third-order valence-corrected chi connectivity index (χ3v) is 3.85. The topological polar surface area (TPSA) is 44.5 Å². The van der Waals surface area contributed by atoms with Crippen molar-refractivity contribution in [2.75, 3.05) is 13.7 Å². The Labute approximate surface area is 135 Å². The highest BCUT2D eigenvalue weighted by Gasteiger charge is 2.18. The predicted octanol–water partition coefficient (Wildman–Crippen LogP) is 4.33. The fraction of sp³-hybridized carbons (Fsp3) is 0.200. The smallest absolute Gasteiger partial charge is 0.145 e. The maximum Gasteiger partial charge on any atom is 0.145 e. The molecule has 21 heavy (non-hydrogen) atoms. The number of hydrogen-bond acceptors (Lipinski definition) is 3. The summed E-state index contributed by atoms with van der Waals surface area (Å²) in [4.78, 5) is 0. The van der Waals surface area contributed by atoms with Crippen LogP contribution in [0.25, 0.3) is 0 Å². The van der Waals surface area contributed by atoms with E-state index in [9.17, 15) is 4.39 Å². The third-order valence-electron chi connectivity index (χ3n) is 2.94. The Bertz CT molecular complexity index is 639. The Hall–Kier alpha value is -1.30. The van der Waals surface area contributed by atoms with E-state index in [-0.39, 0.29) is 11.6 Å². The molecule has 2 N–H and O–H groups in total. The molecule has 0 bridgehead atoms. The van der Waals surface area contributed by atoms with E-state index in [1.807, 2.05) is 24.3 Å². The van der Waals surface area contributed by atoms with Crippen molar-refractivity contribution in [3.05, 3.63) is 57.3 Å². The quantitative estimate of drug-likeness (QED) is 0.792.